The van der Waals surface area contributed by atoms with E-state index in [-0.39, 0.29) is 6.04 Å². The van der Waals surface area contributed by atoms with Crippen molar-refractivity contribution in [1.29, 1.82) is 0 Å². The second kappa shape index (κ2) is 8.85. The van der Waals surface area contributed by atoms with Crippen LogP contribution in [0, 0.1) is 34.5 Å². The highest BCUT2D eigenvalue weighted by Gasteiger charge is 2.37. The third-order valence-electron chi connectivity index (χ3n) is 4.64. The largest absolute Gasteiger partial charge is 0.465 e. The summed E-state index contributed by atoms with van der Waals surface area (Å²) in [7, 11) is 0.964. The van der Waals surface area contributed by atoms with Crippen molar-refractivity contribution in [2.75, 3.05) is 7.11 Å². The second-order valence-corrected chi connectivity index (χ2v) is 6.43. The second-order valence-electron chi connectivity index (χ2n) is 6.43. The van der Waals surface area contributed by atoms with Crippen LogP contribution in [-0.2, 0) is 9.53 Å². The Balaban J connectivity index is 2.55. The fourth-order valence-electron chi connectivity index (χ4n) is 3.08. The van der Waals surface area contributed by atoms with Crippen molar-refractivity contribution in [3.63, 3.8) is 0 Å². The van der Waals surface area contributed by atoms with Crippen molar-refractivity contribution in [3.8, 4) is 0 Å². The maximum absolute atomic E-state index is 14.5. The molecule has 0 radical (unpaired) electrons. The van der Waals surface area contributed by atoms with Crippen molar-refractivity contribution in [1.82, 2.24) is 5.32 Å². The van der Waals surface area contributed by atoms with Gasteiger partial charge >= 0.3 is 11.7 Å². The van der Waals surface area contributed by atoms with Crippen LogP contribution in [-0.4, -0.2) is 29.8 Å². The van der Waals surface area contributed by atoms with Crippen molar-refractivity contribution in [3.05, 3.63) is 50.5 Å². The standard InChI is InChI=1S/C18H19F3N2O5/c1-9-13(19)12(16(23(26)27)15(21)14(9)20)17(24)11(18(25)28-2)8-22-10-6-4-3-5-7-10/h8,10,22H,3-7H2,1-2H3. The molecule has 0 unspecified atom stereocenters. The van der Waals surface area contributed by atoms with Crippen LogP contribution in [0.3, 0.4) is 0 Å². The average molecular weight is 400 g/mol. The van der Waals surface area contributed by atoms with E-state index in [0.29, 0.717) is 0 Å². The van der Waals surface area contributed by atoms with Crippen molar-refractivity contribution in [2.24, 2.45) is 0 Å². The summed E-state index contributed by atoms with van der Waals surface area (Å²) in [5, 5.41) is 14.0. The highest BCUT2D eigenvalue weighted by atomic mass is 19.2. The molecular weight excluding hydrogens is 381 g/mol. The van der Waals surface area contributed by atoms with Gasteiger partial charge in [-0.1, -0.05) is 19.3 Å². The first kappa shape index (κ1) is 21.4. The van der Waals surface area contributed by atoms with E-state index < -0.39 is 56.5 Å². The fraction of sp³-hybridized carbons (Fsp3) is 0.444. The maximum Gasteiger partial charge on any atom is 0.343 e. The topological polar surface area (TPSA) is 98.5 Å². The van der Waals surface area contributed by atoms with Crippen molar-refractivity contribution < 1.29 is 32.4 Å². The Morgan fingerprint density at radius 3 is 2.29 bits per heavy atom. The number of Topliss-reactive ketones (excluding diaryl/α,β-unsaturated/α-hetero) is 1. The molecule has 0 heterocycles. The zero-order valence-corrected chi connectivity index (χ0v) is 15.3. The first-order valence-corrected chi connectivity index (χ1v) is 8.61. The molecule has 0 amide bonds. The van der Waals surface area contributed by atoms with E-state index in [1.807, 2.05) is 0 Å². The number of rotatable bonds is 6. The molecule has 0 atom stereocenters. The molecule has 1 aliphatic carbocycles. The van der Waals surface area contributed by atoms with Crippen molar-refractivity contribution >= 4 is 17.4 Å². The molecule has 152 valence electrons. The summed E-state index contributed by atoms with van der Waals surface area (Å²) in [5.74, 6) is -8.02. The lowest BCUT2D eigenvalue weighted by molar-refractivity contribution is -0.388. The minimum Gasteiger partial charge on any atom is -0.465 e. The summed E-state index contributed by atoms with van der Waals surface area (Å²) in [4.78, 5) is 34.5. The van der Waals surface area contributed by atoms with Gasteiger partial charge < -0.3 is 10.1 Å². The highest BCUT2D eigenvalue weighted by Crippen LogP contribution is 2.32. The van der Waals surface area contributed by atoms with Gasteiger partial charge in [-0.05, 0) is 19.8 Å². The number of nitrogens with zero attached hydrogens (tertiary/aromatic N) is 1. The third kappa shape index (κ3) is 4.15. The van der Waals surface area contributed by atoms with Gasteiger partial charge in [-0.25, -0.2) is 13.6 Å². The van der Waals surface area contributed by atoms with Crippen LogP contribution in [0.4, 0.5) is 18.9 Å². The van der Waals surface area contributed by atoms with E-state index in [4.69, 9.17) is 0 Å². The molecule has 7 nitrogen and oxygen atoms in total. The number of esters is 1. The summed E-state index contributed by atoms with van der Waals surface area (Å²) < 4.78 is 46.8. The van der Waals surface area contributed by atoms with Crippen LogP contribution in [0.2, 0.25) is 0 Å². The fourth-order valence-corrected chi connectivity index (χ4v) is 3.08. The minimum absolute atomic E-state index is 0.0484. The molecule has 28 heavy (non-hydrogen) atoms. The van der Waals surface area contributed by atoms with Gasteiger partial charge in [-0.15, -0.1) is 0 Å². The number of hydrogen-bond donors (Lipinski definition) is 1. The molecule has 1 N–H and O–H groups in total. The molecule has 2 rings (SSSR count). The van der Waals surface area contributed by atoms with Gasteiger partial charge in [0.1, 0.15) is 17.0 Å². The summed E-state index contributed by atoms with van der Waals surface area (Å²) in [6.07, 6.45) is 5.47. The van der Waals surface area contributed by atoms with E-state index in [1.54, 1.807) is 0 Å². The monoisotopic (exact) mass is 400 g/mol. The van der Waals surface area contributed by atoms with Gasteiger partial charge in [0.25, 0.3) is 0 Å². The van der Waals surface area contributed by atoms with Gasteiger partial charge in [-0.3, -0.25) is 14.9 Å². The molecule has 0 aliphatic heterocycles. The molecule has 0 saturated heterocycles. The molecule has 1 aliphatic rings. The summed E-state index contributed by atoms with van der Waals surface area (Å²) in [6.45, 7) is 0.829. The summed E-state index contributed by atoms with van der Waals surface area (Å²) in [6, 6.07) is -0.0484. The number of carbonyl (C=O) groups excluding carboxylic acids is 2. The number of hydrogen-bond acceptors (Lipinski definition) is 6. The quantitative estimate of drug-likeness (QED) is 0.115. The number of nitro benzene ring substituents is 1. The molecule has 1 aromatic rings. The van der Waals surface area contributed by atoms with E-state index in [0.717, 1.165) is 52.3 Å². The van der Waals surface area contributed by atoms with Gasteiger partial charge in [0.2, 0.25) is 11.6 Å². The summed E-state index contributed by atoms with van der Waals surface area (Å²) in [5.41, 5.74) is -4.65. The smallest absolute Gasteiger partial charge is 0.343 e. The molecule has 1 fully saturated rings. The van der Waals surface area contributed by atoms with Crippen LogP contribution >= 0.6 is 0 Å². The summed E-state index contributed by atoms with van der Waals surface area (Å²) >= 11 is 0. The number of nitro groups is 1. The SMILES string of the molecule is COC(=O)C(=CNC1CCCCC1)C(=O)c1c(F)c(C)c(F)c(F)c1[N+](=O)[O-]. The third-order valence-corrected chi connectivity index (χ3v) is 4.64. The molecule has 0 spiro atoms. The Morgan fingerprint density at radius 1 is 1.14 bits per heavy atom. The molecule has 0 bridgehead atoms. The number of ether oxygens (including phenoxy) is 1. The number of benzene rings is 1. The highest BCUT2D eigenvalue weighted by molar-refractivity contribution is 6.25. The van der Waals surface area contributed by atoms with Gasteiger partial charge in [0, 0.05) is 17.8 Å². The van der Waals surface area contributed by atoms with Gasteiger partial charge in [0.15, 0.2) is 5.82 Å². The Kier molecular flexibility index (Phi) is 6.76. The lowest BCUT2D eigenvalue weighted by Crippen LogP contribution is -2.29. The normalized spacial score (nSPS) is 15.2. The predicted octanol–water partition coefficient (Wildman–Crippen LogP) is 3.48. The molecular formula is C18H19F3N2O5. The zero-order chi connectivity index (χ0) is 21.0. The Bertz CT molecular complexity index is 848. The van der Waals surface area contributed by atoms with E-state index in [2.05, 4.69) is 10.1 Å². The number of methoxy groups -OCH3 is 1. The van der Waals surface area contributed by atoms with Crippen LogP contribution in [0.25, 0.3) is 0 Å². The average Bonchev–Trinajstić information content (AvgIpc) is 2.69. The number of halogens is 3. The van der Waals surface area contributed by atoms with Gasteiger partial charge in [-0.2, -0.15) is 4.39 Å². The van der Waals surface area contributed by atoms with Crippen molar-refractivity contribution in [2.45, 2.75) is 45.1 Å². The van der Waals surface area contributed by atoms with E-state index in [1.165, 1.54) is 0 Å². The number of nitrogens with one attached hydrogen (secondary N) is 1. The van der Waals surface area contributed by atoms with Crippen LogP contribution in [0.1, 0.15) is 48.0 Å². The van der Waals surface area contributed by atoms with E-state index >= 15 is 0 Å². The molecule has 10 heteroatoms. The Hall–Kier alpha value is -2.91. The Morgan fingerprint density at radius 2 is 1.75 bits per heavy atom. The van der Waals surface area contributed by atoms with Gasteiger partial charge in [0.05, 0.1) is 12.0 Å². The zero-order valence-electron chi connectivity index (χ0n) is 15.3. The number of ketones is 1. The first-order chi connectivity index (χ1) is 13.2. The molecule has 1 aromatic carbocycles. The van der Waals surface area contributed by atoms with Crippen LogP contribution in [0.15, 0.2) is 11.8 Å². The lowest BCUT2D eigenvalue weighted by atomic mass is 9.95. The minimum atomic E-state index is -1.98. The lowest BCUT2D eigenvalue weighted by Gasteiger charge is -2.22. The van der Waals surface area contributed by atoms with Crippen LogP contribution < -0.4 is 5.32 Å². The molecule has 1 saturated carbocycles. The maximum atomic E-state index is 14.5. The first-order valence-electron chi connectivity index (χ1n) is 8.61. The predicted molar refractivity (Wildman–Crippen MR) is 92.1 cm³/mol. The Labute approximate surface area is 158 Å². The number of carbonyl (C=O) groups is 2. The van der Waals surface area contributed by atoms with E-state index in [9.17, 15) is 32.9 Å². The van der Waals surface area contributed by atoms with Crippen LogP contribution in [0.5, 0.6) is 0 Å². The molecule has 0 aromatic heterocycles.